The molecule has 0 spiro atoms. The molecule has 0 saturated heterocycles. The lowest BCUT2D eigenvalue weighted by molar-refractivity contribution is 0.178. The van der Waals surface area contributed by atoms with Crippen molar-refractivity contribution in [1.29, 1.82) is 0 Å². The van der Waals surface area contributed by atoms with Crippen molar-refractivity contribution in [1.82, 2.24) is 4.31 Å². The first-order valence-corrected chi connectivity index (χ1v) is 7.89. The van der Waals surface area contributed by atoms with Gasteiger partial charge in [-0.3, -0.25) is 0 Å². The molecule has 3 N–H and O–H groups in total. The topological polar surface area (TPSA) is 83.6 Å². The minimum atomic E-state index is -3.55. The number of hydrogen-bond donors (Lipinski definition) is 2. The van der Waals surface area contributed by atoms with E-state index in [1.54, 1.807) is 25.1 Å². The smallest absolute Gasteiger partial charge is 0.243 e. The average molecular weight is 284 g/mol. The highest BCUT2D eigenvalue weighted by molar-refractivity contribution is 7.89. The van der Waals surface area contributed by atoms with Gasteiger partial charge in [-0.2, -0.15) is 4.31 Å². The predicted octanol–water partition coefficient (Wildman–Crippen LogP) is 1.11. The second-order valence-corrected chi connectivity index (χ2v) is 6.81. The number of nitrogen functional groups attached to an aromatic ring is 1. The second kappa shape index (κ2) is 5.48. The molecular formula is C13H20N2O3S. The Morgan fingerprint density at radius 2 is 2.11 bits per heavy atom. The van der Waals surface area contributed by atoms with Crippen LogP contribution in [-0.2, 0) is 10.0 Å². The Balaban J connectivity index is 2.38. The molecule has 0 bridgehead atoms. The Labute approximate surface area is 114 Å². The zero-order valence-corrected chi connectivity index (χ0v) is 11.9. The first-order valence-electron chi connectivity index (χ1n) is 6.45. The van der Waals surface area contributed by atoms with Crippen LogP contribution in [0.3, 0.4) is 0 Å². The van der Waals surface area contributed by atoms with Gasteiger partial charge in [0.1, 0.15) is 0 Å². The third-order valence-electron chi connectivity index (χ3n) is 3.59. The van der Waals surface area contributed by atoms with Crippen LogP contribution in [0.25, 0.3) is 0 Å². The van der Waals surface area contributed by atoms with Crippen molar-refractivity contribution in [3.8, 4) is 0 Å². The van der Waals surface area contributed by atoms with Gasteiger partial charge in [0, 0.05) is 18.3 Å². The zero-order chi connectivity index (χ0) is 14.0. The monoisotopic (exact) mass is 284 g/mol. The Morgan fingerprint density at radius 3 is 2.58 bits per heavy atom. The highest BCUT2D eigenvalue weighted by Crippen LogP contribution is 2.31. The number of sulfonamides is 1. The quantitative estimate of drug-likeness (QED) is 0.793. The number of aliphatic hydroxyl groups excluding tert-OH is 1. The summed E-state index contributed by atoms with van der Waals surface area (Å²) in [6, 6.07) is 4.82. The first-order chi connectivity index (χ1) is 8.96. The lowest BCUT2D eigenvalue weighted by Gasteiger charge is -2.36. The van der Waals surface area contributed by atoms with Crippen LogP contribution in [0.4, 0.5) is 5.69 Å². The van der Waals surface area contributed by atoms with Crippen LogP contribution in [0.2, 0.25) is 0 Å². The van der Waals surface area contributed by atoms with E-state index in [-0.39, 0.29) is 24.1 Å². The van der Waals surface area contributed by atoms with Gasteiger partial charge in [0.15, 0.2) is 0 Å². The molecule has 5 nitrogen and oxygen atoms in total. The maximum Gasteiger partial charge on any atom is 0.243 e. The van der Waals surface area contributed by atoms with Crippen molar-refractivity contribution in [2.24, 2.45) is 0 Å². The Bertz CT molecular complexity index is 553. The Hall–Kier alpha value is -1.11. The summed E-state index contributed by atoms with van der Waals surface area (Å²) in [7, 11) is -3.55. The molecular weight excluding hydrogens is 264 g/mol. The van der Waals surface area contributed by atoms with Gasteiger partial charge in [0.2, 0.25) is 10.0 Å². The van der Waals surface area contributed by atoms with E-state index in [0.717, 1.165) is 19.3 Å². The minimum absolute atomic E-state index is 0.0223. The second-order valence-electron chi connectivity index (χ2n) is 4.95. The van der Waals surface area contributed by atoms with Crippen LogP contribution in [-0.4, -0.2) is 37.0 Å². The summed E-state index contributed by atoms with van der Waals surface area (Å²) < 4.78 is 26.8. The van der Waals surface area contributed by atoms with Crippen LogP contribution in [0.1, 0.15) is 24.8 Å². The number of benzene rings is 1. The molecule has 0 radical (unpaired) electrons. The van der Waals surface area contributed by atoms with Crippen LogP contribution >= 0.6 is 0 Å². The fraction of sp³-hybridized carbons (Fsp3) is 0.538. The summed E-state index contributed by atoms with van der Waals surface area (Å²) in [5, 5.41) is 9.10. The van der Waals surface area contributed by atoms with E-state index in [1.807, 2.05) is 0 Å². The molecule has 0 heterocycles. The number of nitrogens with two attached hydrogens (primary N) is 1. The maximum absolute atomic E-state index is 12.7. The van der Waals surface area contributed by atoms with Gasteiger partial charge in [-0.25, -0.2) is 8.42 Å². The highest BCUT2D eigenvalue weighted by Gasteiger charge is 2.35. The molecule has 0 unspecified atom stereocenters. The van der Waals surface area contributed by atoms with Crippen molar-refractivity contribution < 1.29 is 13.5 Å². The number of aryl methyl sites for hydroxylation is 1. The molecule has 0 aliphatic heterocycles. The van der Waals surface area contributed by atoms with Crippen molar-refractivity contribution in [3.05, 3.63) is 23.8 Å². The third kappa shape index (κ3) is 2.75. The summed E-state index contributed by atoms with van der Waals surface area (Å²) in [5.41, 5.74) is 6.85. The Morgan fingerprint density at radius 1 is 1.42 bits per heavy atom. The first kappa shape index (κ1) is 14.3. The van der Waals surface area contributed by atoms with Gasteiger partial charge < -0.3 is 10.8 Å². The summed E-state index contributed by atoms with van der Waals surface area (Å²) in [4.78, 5) is 0.280. The van der Waals surface area contributed by atoms with E-state index in [0.29, 0.717) is 11.3 Å². The number of rotatable bonds is 5. The molecule has 1 aliphatic rings. The third-order valence-corrected chi connectivity index (χ3v) is 5.70. The van der Waals surface area contributed by atoms with E-state index >= 15 is 0 Å². The summed E-state index contributed by atoms with van der Waals surface area (Å²) in [5.74, 6) is 0. The fourth-order valence-electron chi connectivity index (χ4n) is 2.36. The lowest BCUT2D eigenvalue weighted by atomic mass is 9.93. The normalized spacial score (nSPS) is 16.6. The molecule has 0 amide bonds. The van der Waals surface area contributed by atoms with Crippen molar-refractivity contribution in [2.45, 2.75) is 37.1 Å². The van der Waals surface area contributed by atoms with Crippen LogP contribution < -0.4 is 5.73 Å². The average Bonchev–Trinajstić information content (AvgIpc) is 2.25. The van der Waals surface area contributed by atoms with E-state index in [4.69, 9.17) is 10.8 Å². The van der Waals surface area contributed by atoms with E-state index in [1.165, 1.54) is 4.31 Å². The van der Waals surface area contributed by atoms with Crippen LogP contribution in [0.5, 0.6) is 0 Å². The van der Waals surface area contributed by atoms with E-state index in [9.17, 15) is 8.42 Å². The van der Waals surface area contributed by atoms with Gasteiger partial charge >= 0.3 is 0 Å². The molecule has 2 rings (SSSR count). The highest BCUT2D eigenvalue weighted by atomic mass is 32.2. The van der Waals surface area contributed by atoms with Gasteiger partial charge in [-0.15, -0.1) is 0 Å². The molecule has 1 saturated carbocycles. The van der Waals surface area contributed by atoms with Crippen molar-refractivity contribution >= 4 is 15.7 Å². The number of aliphatic hydroxyl groups is 1. The van der Waals surface area contributed by atoms with Gasteiger partial charge in [0.25, 0.3) is 0 Å². The molecule has 1 fully saturated rings. The van der Waals surface area contributed by atoms with Crippen molar-refractivity contribution in [2.75, 3.05) is 18.9 Å². The standard InChI is InChI=1S/C13H20N2O3S/c1-10-9-11(14)5-6-13(10)19(17,18)15(7-8-16)12-3-2-4-12/h5-6,9,12,16H,2-4,7-8,14H2,1H3. The van der Waals surface area contributed by atoms with Crippen LogP contribution in [0.15, 0.2) is 23.1 Å². The minimum Gasteiger partial charge on any atom is -0.399 e. The number of anilines is 1. The molecule has 0 aromatic heterocycles. The zero-order valence-electron chi connectivity index (χ0n) is 11.0. The Kier molecular flexibility index (Phi) is 4.13. The summed E-state index contributed by atoms with van der Waals surface area (Å²) in [6.07, 6.45) is 2.78. The maximum atomic E-state index is 12.7. The molecule has 0 atom stereocenters. The van der Waals surface area contributed by atoms with E-state index in [2.05, 4.69) is 0 Å². The molecule has 19 heavy (non-hydrogen) atoms. The number of hydrogen-bond acceptors (Lipinski definition) is 4. The summed E-state index contributed by atoms with van der Waals surface area (Å²) >= 11 is 0. The van der Waals surface area contributed by atoms with Gasteiger partial charge in [0.05, 0.1) is 11.5 Å². The predicted molar refractivity (Wildman–Crippen MR) is 74.2 cm³/mol. The van der Waals surface area contributed by atoms with Gasteiger partial charge in [-0.1, -0.05) is 6.42 Å². The van der Waals surface area contributed by atoms with E-state index < -0.39 is 10.0 Å². The molecule has 6 heteroatoms. The van der Waals surface area contributed by atoms with Crippen molar-refractivity contribution in [3.63, 3.8) is 0 Å². The molecule has 1 aromatic carbocycles. The fourth-order valence-corrected chi connectivity index (χ4v) is 4.24. The van der Waals surface area contributed by atoms with Crippen LogP contribution in [0, 0.1) is 6.92 Å². The molecule has 1 aliphatic carbocycles. The van der Waals surface area contributed by atoms with Gasteiger partial charge in [-0.05, 0) is 43.5 Å². The SMILES string of the molecule is Cc1cc(N)ccc1S(=O)(=O)N(CCO)C1CCC1. The largest absolute Gasteiger partial charge is 0.399 e. The number of nitrogens with zero attached hydrogens (tertiary/aromatic N) is 1. The lowest BCUT2D eigenvalue weighted by Crippen LogP contribution is -2.45. The molecule has 1 aromatic rings. The molecule has 106 valence electrons. The summed E-state index contributed by atoms with van der Waals surface area (Å²) in [6.45, 7) is 1.72.